The van der Waals surface area contributed by atoms with Gasteiger partial charge in [0.1, 0.15) is 5.69 Å². The molecule has 0 spiro atoms. The van der Waals surface area contributed by atoms with Crippen molar-refractivity contribution in [3.05, 3.63) is 16.1 Å². The summed E-state index contributed by atoms with van der Waals surface area (Å²) in [6.45, 7) is 8.44. The highest BCUT2D eigenvalue weighted by Crippen LogP contribution is 2.29. The number of aliphatic carboxylic acids is 1. The largest absolute Gasteiger partial charge is 0.481 e. The van der Waals surface area contributed by atoms with Crippen LogP contribution in [0.4, 0.5) is 0 Å². The lowest BCUT2D eigenvalue weighted by Crippen LogP contribution is -2.37. The van der Waals surface area contributed by atoms with E-state index in [0.717, 1.165) is 5.01 Å². The van der Waals surface area contributed by atoms with Crippen LogP contribution in [0, 0.1) is 5.92 Å². The fourth-order valence-corrected chi connectivity index (χ4v) is 3.30. The topological polar surface area (TPSA) is 70.5 Å². The SMILES string of the molecule is CC1C(C(=O)O)CCN1C(=O)c1csc(C(C)(C)C)n1. The first kappa shape index (κ1) is 15.0. The Morgan fingerprint density at radius 1 is 1.45 bits per heavy atom. The normalized spacial score (nSPS) is 23.1. The summed E-state index contributed by atoms with van der Waals surface area (Å²) in [5.74, 6) is -1.46. The first-order chi connectivity index (χ1) is 9.21. The first-order valence-corrected chi connectivity index (χ1v) is 7.59. The van der Waals surface area contributed by atoms with Crippen molar-refractivity contribution in [3.8, 4) is 0 Å². The van der Waals surface area contributed by atoms with Gasteiger partial charge in [0.15, 0.2) is 0 Å². The molecule has 1 saturated heterocycles. The zero-order valence-corrected chi connectivity index (χ0v) is 13.0. The Bertz CT molecular complexity index is 533. The molecule has 6 heteroatoms. The van der Waals surface area contributed by atoms with Gasteiger partial charge in [-0.1, -0.05) is 20.8 Å². The van der Waals surface area contributed by atoms with Gasteiger partial charge < -0.3 is 10.0 Å². The summed E-state index contributed by atoms with van der Waals surface area (Å²) in [7, 11) is 0. The molecule has 0 saturated carbocycles. The molecule has 2 rings (SSSR count). The van der Waals surface area contributed by atoms with Crippen molar-refractivity contribution >= 4 is 23.2 Å². The van der Waals surface area contributed by atoms with Crippen LogP contribution in [0.1, 0.15) is 49.6 Å². The van der Waals surface area contributed by atoms with Gasteiger partial charge in [-0.2, -0.15) is 0 Å². The van der Waals surface area contributed by atoms with E-state index in [1.807, 2.05) is 0 Å². The van der Waals surface area contributed by atoms with Crippen LogP contribution >= 0.6 is 11.3 Å². The van der Waals surface area contributed by atoms with E-state index in [4.69, 9.17) is 5.11 Å². The third-order valence-electron chi connectivity index (χ3n) is 3.70. The van der Waals surface area contributed by atoms with Crippen molar-refractivity contribution in [1.82, 2.24) is 9.88 Å². The lowest BCUT2D eigenvalue weighted by molar-refractivity contribution is -0.142. The number of thiazole rings is 1. The van der Waals surface area contributed by atoms with Crippen LogP contribution in [0.2, 0.25) is 0 Å². The maximum Gasteiger partial charge on any atom is 0.308 e. The number of aromatic nitrogens is 1. The highest BCUT2D eigenvalue weighted by atomic mass is 32.1. The number of carbonyl (C=O) groups is 2. The van der Waals surface area contributed by atoms with Gasteiger partial charge in [-0.05, 0) is 13.3 Å². The molecule has 1 aliphatic heterocycles. The van der Waals surface area contributed by atoms with Gasteiger partial charge in [-0.3, -0.25) is 9.59 Å². The van der Waals surface area contributed by atoms with Crippen molar-refractivity contribution in [2.24, 2.45) is 5.92 Å². The molecule has 1 aromatic rings. The van der Waals surface area contributed by atoms with E-state index in [-0.39, 0.29) is 17.4 Å². The first-order valence-electron chi connectivity index (χ1n) is 6.71. The standard InChI is InChI=1S/C14H20N2O3S/c1-8-9(12(18)19)5-6-16(8)11(17)10-7-20-13(15-10)14(2,3)4/h7-9H,5-6H2,1-4H3,(H,18,19). The van der Waals surface area contributed by atoms with Crippen LogP contribution in [0.15, 0.2) is 5.38 Å². The molecule has 110 valence electrons. The Balaban J connectivity index is 2.17. The zero-order valence-electron chi connectivity index (χ0n) is 12.2. The molecular weight excluding hydrogens is 276 g/mol. The molecule has 0 bridgehead atoms. The van der Waals surface area contributed by atoms with Gasteiger partial charge in [0, 0.05) is 23.4 Å². The van der Waals surface area contributed by atoms with E-state index < -0.39 is 11.9 Å². The second-order valence-electron chi connectivity index (χ2n) is 6.26. The molecule has 0 radical (unpaired) electrons. The summed E-state index contributed by atoms with van der Waals surface area (Å²) in [4.78, 5) is 29.6. The molecule has 1 amide bonds. The molecule has 1 aliphatic rings. The molecule has 1 fully saturated rings. The number of likely N-dealkylation sites (tertiary alicyclic amines) is 1. The summed E-state index contributed by atoms with van der Waals surface area (Å²) in [5.41, 5.74) is 0.349. The van der Waals surface area contributed by atoms with Crippen LogP contribution in [0.3, 0.4) is 0 Å². The Morgan fingerprint density at radius 3 is 2.55 bits per heavy atom. The second-order valence-corrected chi connectivity index (χ2v) is 7.12. The maximum atomic E-state index is 12.4. The van der Waals surface area contributed by atoms with E-state index in [1.165, 1.54) is 11.3 Å². The summed E-state index contributed by atoms with van der Waals surface area (Å²) < 4.78 is 0. The minimum absolute atomic E-state index is 0.0799. The van der Waals surface area contributed by atoms with E-state index in [0.29, 0.717) is 18.7 Å². The summed E-state index contributed by atoms with van der Waals surface area (Å²) in [6.07, 6.45) is 0.512. The maximum absolute atomic E-state index is 12.4. The summed E-state index contributed by atoms with van der Waals surface area (Å²) >= 11 is 1.48. The minimum atomic E-state index is -0.832. The average Bonchev–Trinajstić information content (AvgIpc) is 2.93. The summed E-state index contributed by atoms with van der Waals surface area (Å²) in [5, 5.41) is 11.8. The zero-order chi connectivity index (χ0) is 15.1. The highest BCUT2D eigenvalue weighted by molar-refractivity contribution is 7.10. The molecule has 1 N–H and O–H groups in total. The third-order valence-corrected chi connectivity index (χ3v) is 4.97. The number of rotatable bonds is 2. The highest BCUT2D eigenvalue weighted by Gasteiger charge is 2.39. The molecule has 2 heterocycles. The van der Waals surface area contributed by atoms with Crippen LogP contribution < -0.4 is 0 Å². The predicted octanol–water partition coefficient (Wildman–Crippen LogP) is 2.38. The van der Waals surface area contributed by atoms with Crippen molar-refractivity contribution in [3.63, 3.8) is 0 Å². The summed E-state index contributed by atoms with van der Waals surface area (Å²) in [6, 6.07) is -0.278. The van der Waals surface area contributed by atoms with E-state index >= 15 is 0 Å². The van der Waals surface area contributed by atoms with Crippen LogP contribution in [0.5, 0.6) is 0 Å². The van der Waals surface area contributed by atoms with E-state index in [9.17, 15) is 9.59 Å². The molecule has 20 heavy (non-hydrogen) atoms. The fraction of sp³-hybridized carbons (Fsp3) is 0.643. The Labute approximate surface area is 122 Å². The fourth-order valence-electron chi connectivity index (χ4n) is 2.42. The Hall–Kier alpha value is -1.43. The van der Waals surface area contributed by atoms with Crippen molar-refractivity contribution in [1.29, 1.82) is 0 Å². The van der Waals surface area contributed by atoms with Crippen molar-refractivity contribution in [2.75, 3.05) is 6.54 Å². The smallest absolute Gasteiger partial charge is 0.308 e. The monoisotopic (exact) mass is 296 g/mol. The predicted molar refractivity (Wildman–Crippen MR) is 77.1 cm³/mol. The van der Waals surface area contributed by atoms with Crippen molar-refractivity contribution in [2.45, 2.75) is 45.6 Å². The molecule has 0 aromatic carbocycles. The van der Waals surface area contributed by atoms with Crippen LogP contribution in [0.25, 0.3) is 0 Å². The quantitative estimate of drug-likeness (QED) is 0.909. The second kappa shape index (κ2) is 5.16. The van der Waals surface area contributed by atoms with Gasteiger partial charge in [-0.25, -0.2) is 4.98 Å². The molecule has 2 unspecified atom stereocenters. The Kier molecular flexibility index (Phi) is 3.86. The van der Waals surface area contributed by atoms with E-state index in [1.54, 1.807) is 17.2 Å². The van der Waals surface area contributed by atoms with E-state index in [2.05, 4.69) is 25.8 Å². The molecule has 2 atom stereocenters. The molecular formula is C14H20N2O3S. The minimum Gasteiger partial charge on any atom is -0.481 e. The lowest BCUT2D eigenvalue weighted by Gasteiger charge is -2.22. The van der Waals surface area contributed by atoms with Gasteiger partial charge in [0.05, 0.1) is 10.9 Å². The lowest BCUT2D eigenvalue weighted by atomic mass is 9.98. The molecule has 5 nitrogen and oxygen atoms in total. The number of nitrogens with zero attached hydrogens (tertiary/aromatic N) is 2. The molecule has 0 aliphatic carbocycles. The number of hydrogen-bond acceptors (Lipinski definition) is 4. The number of amides is 1. The van der Waals surface area contributed by atoms with Gasteiger partial charge in [0.25, 0.3) is 5.91 Å². The number of carboxylic acids is 1. The van der Waals surface area contributed by atoms with Gasteiger partial charge in [-0.15, -0.1) is 11.3 Å². The number of carboxylic acid groups (broad SMARTS) is 1. The Morgan fingerprint density at radius 2 is 2.10 bits per heavy atom. The number of carbonyl (C=O) groups excluding carboxylic acids is 1. The van der Waals surface area contributed by atoms with Crippen LogP contribution in [-0.4, -0.2) is 39.5 Å². The average molecular weight is 296 g/mol. The molecule has 1 aromatic heterocycles. The van der Waals surface area contributed by atoms with Gasteiger partial charge >= 0.3 is 5.97 Å². The van der Waals surface area contributed by atoms with Crippen molar-refractivity contribution < 1.29 is 14.7 Å². The third kappa shape index (κ3) is 2.70. The number of hydrogen-bond donors (Lipinski definition) is 1. The van der Waals surface area contributed by atoms with Crippen LogP contribution in [-0.2, 0) is 10.2 Å². The van der Waals surface area contributed by atoms with Gasteiger partial charge in [0.2, 0.25) is 0 Å².